The molecular formula is C20H28N2O3. The van der Waals surface area contributed by atoms with Crippen LogP contribution in [0.5, 0.6) is 5.75 Å². The second-order valence-corrected chi connectivity index (χ2v) is 7.01. The Kier molecular flexibility index (Phi) is 6.44. The van der Waals surface area contributed by atoms with E-state index in [9.17, 15) is 10.1 Å². The van der Waals surface area contributed by atoms with Crippen molar-refractivity contribution in [1.82, 2.24) is 0 Å². The van der Waals surface area contributed by atoms with Gasteiger partial charge in [-0.25, -0.2) is 0 Å². The van der Waals surface area contributed by atoms with Gasteiger partial charge >= 0.3 is 0 Å². The second kappa shape index (κ2) is 8.35. The van der Waals surface area contributed by atoms with Crippen LogP contribution in [0.25, 0.3) is 0 Å². The molecule has 1 aliphatic carbocycles. The monoisotopic (exact) mass is 344 g/mol. The predicted molar refractivity (Wildman–Crippen MR) is 97.5 cm³/mol. The van der Waals surface area contributed by atoms with Crippen molar-refractivity contribution >= 4 is 11.6 Å². The molecular weight excluding hydrogens is 316 g/mol. The molecule has 1 fully saturated rings. The standard InChI is InChI=1S/C20H28N2O3/c1-5-15(3)25-17-8-9-18(16(11-17)13-21)22-19(23)20(24-4)10-6-7-14(2)12-20/h8-9,11,14-15H,5-7,10,12H2,1-4H3,(H,22,23). The van der Waals surface area contributed by atoms with E-state index in [4.69, 9.17) is 9.47 Å². The summed E-state index contributed by atoms with van der Waals surface area (Å²) in [5, 5.41) is 12.3. The highest BCUT2D eigenvalue weighted by Gasteiger charge is 2.42. The van der Waals surface area contributed by atoms with Gasteiger partial charge in [-0.3, -0.25) is 4.79 Å². The molecule has 3 unspecified atom stereocenters. The number of benzene rings is 1. The van der Waals surface area contributed by atoms with Crippen molar-refractivity contribution in [2.24, 2.45) is 5.92 Å². The van der Waals surface area contributed by atoms with Gasteiger partial charge in [0.2, 0.25) is 0 Å². The molecule has 1 aromatic carbocycles. The first-order valence-corrected chi connectivity index (χ1v) is 9.01. The van der Waals surface area contributed by atoms with Crippen LogP contribution in [0.4, 0.5) is 5.69 Å². The summed E-state index contributed by atoms with van der Waals surface area (Å²) in [6, 6.07) is 7.32. The number of nitrogens with one attached hydrogen (secondary N) is 1. The number of methoxy groups -OCH3 is 1. The summed E-state index contributed by atoms with van der Waals surface area (Å²) in [5.41, 5.74) is 0.0824. The third kappa shape index (κ3) is 4.52. The van der Waals surface area contributed by atoms with E-state index in [2.05, 4.69) is 18.3 Å². The maximum absolute atomic E-state index is 12.9. The first-order chi connectivity index (χ1) is 11.9. The molecule has 1 amide bonds. The van der Waals surface area contributed by atoms with Gasteiger partial charge in [-0.05, 0) is 50.7 Å². The summed E-state index contributed by atoms with van der Waals surface area (Å²) in [5.74, 6) is 0.909. The number of hydrogen-bond donors (Lipinski definition) is 1. The summed E-state index contributed by atoms with van der Waals surface area (Å²) in [4.78, 5) is 12.9. The smallest absolute Gasteiger partial charge is 0.256 e. The van der Waals surface area contributed by atoms with Crippen molar-refractivity contribution in [3.05, 3.63) is 23.8 Å². The zero-order chi connectivity index (χ0) is 18.4. The molecule has 1 N–H and O–H groups in total. The molecule has 0 aromatic heterocycles. The van der Waals surface area contributed by atoms with Gasteiger partial charge in [0, 0.05) is 13.2 Å². The van der Waals surface area contributed by atoms with Crippen LogP contribution in [0.1, 0.15) is 58.4 Å². The third-order valence-electron chi connectivity index (χ3n) is 5.03. The Balaban J connectivity index is 2.18. The fraction of sp³-hybridized carbons (Fsp3) is 0.600. The van der Waals surface area contributed by atoms with E-state index in [0.29, 0.717) is 35.8 Å². The number of anilines is 1. The van der Waals surface area contributed by atoms with Crippen LogP contribution in [0.2, 0.25) is 0 Å². The number of nitrogens with zero attached hydrogens (tertiary/aromatic N) is 1. The van der Waals surface area contributed by atoms with Gasteiger partial charge < -0.3 is 14.8 Å². The van der Waals surface area contributed by atoms with Crippen LogP contribution in [0.3, 0.4) is 0 Å². The maximum Gasteiger partial charge on any atom is 0.256 e. The molecule has 1 aliphatic rings. The Morgan fingerprint density at radius 3 is 2.88 bits per heavy atom. The minimum atomic E-state index is -0.809. The normalized spacial score (nSPS) is 24.2. The minimum Gasteiger partial charge on any atom is -0.491 e. The van der Waals surface area contributed by atoms with Crippen molar-refractivity contribution in [2.45, 2.75) is 64.6 Å². The molecule has 0 radical (unpaired) electrons. The van der Waals surface area contributed by atoms with Gasteiger partial charge in [0.1, 0.15) is 17.4 Å². The predicted octanol–water partition coefficient (Wildman–Crippen LogP) is 4.27. The number of rotatable bonds is 6. The van der Waals surface area contributed by atoms with E-state index in [0.717, 1.165) is 19.3 Å². The average molecular weight is 344 g/mol. The van der Waals surface area contributed by atoms with Gasteiger partial charge in [-0.15, -0.1) is 0 Å². The Hall–Kier alpha value is -2.06. The van der Waals surface area contributed by atoms with Crippen molar-refractivity contribution < 1.29 is 14.3 Å². The highest BCUT2D eigenvalue weighted by Crippen LogP contribution is 2.36. The molecule has 1 aromatic rings. The van der Waals surface area contributed by atoms with Crippen molar-refractivity contribution in [3.8, 4) is 11.8 Å². The molecule has 5 nitrogen and oxygen atoms in total. The SMILES string of the molecule is CCC(C)Oc1ccc(NC(=O)C2(OC)CCCC(C)C2)c(C#N)c1. The van der Waals surface area contributed by atoms with Gasteiger partial charge in [-0.2, -0.15) is 5.26 Å². The van der Waals surface area contributed by atoms with Gasteiger partial charge in [-0.1, -0.05) is 20.3 Å². The highest BCUT2D eigenvalue weighted by atomic mass is 16.5. The zero-order valence-corrected chi connectivity index (χ0v) is 15.6. The summed E-state index contributed by atoms with van der Waals surface area (Å²) < 4.78 is 11.4. The Bertz CT molecular complexity index is 653. The van der Waals surface area contributed by atoms with Gasteiger partial charge in [0.15, 0.2) is 0 Å². The quantitative estimate of drug-likeness (QED) is 0.836. The molecule has 0 bridgehead atoms. The molecule has 136 valence electrons. The molecule has 2 rings (SSSR count). The lowest BCUT2D eigenvalue weighted by molar-refractivity contribution is -0.143. The van der Waals surface area contributed by atoms with Crippen LogP contribution in [-0.2, 0) is 9.53 Å². The van der Waals surface area contributed by atoms with Crippen molar-refractivity contribution in [1.29, 1.82) is 5.26 Å². The van der Waals surface area contributed by atoms with Crippen LogP contribution in [0.15, 0.2) is 18.2 Å². The number of ether oxygens (including phenoxy) is 2. The third-order valence-corrected chi connectivity index (χ3v) is 5.03. The van der Waals surface area contributed by atoms with E-state index in [1.807, 2.05) is 13.8 Å². The number of carbonyl (C=O) groups is 1. The summed E-state index contributed by atoms with van der Waals surface area (Å²) in [7, 11) is 1.59. The Labute approximate surface area is 150 Å². The molecule has 25 heavy (non-hydrogen) atoms. The molecule has 5 heteroatoms. The summed E-state index contributed by atoms with van der Waals surface area (Å²) in [6.45, 7) is 6.16. The number of carbonyl (C=O) groups excluding carboxylic acids is 1. The molecule has 0 aliphatic heterocycles. The average Bonchev–Trinajstić information content (AvgIpc) is 2.62. The van der Waals surface area contributed by atoms with Crippen LogP contribution in [-0.4, -0.2) is 24.7 Å². The van der Waals surface area contributed by atoms with E-state index in [1.54, 1.807) is 25.3 Å². The number of amides is 1. The summed E-state index contributed by atoms with van der Waals surface area (Å²) in [6.07, 6.45) is 4.45. The van der Waals surface area contributed by atoms with Gasteiger partial charge in [0.05, 0.1) is 17.4 Å². The molecule has 0 spiro atoms. The first kappa shape index (κ1) is 19.3. The fourth-order valence-corrected chi connectivity index (χ4v) is 3.34. The van der Waals surface area contributed by atoms with E-state index >= 15 is 0 Å². The van der Waals surface area contributed by atoms with Crippen LogP contribution < -0.4 is 10.1 Å². The van der Waals surface area contributed by atoms with Gasteiger partial charge in [0.25, 0.3) is 5.91 Å². The summed E-state index contributed by atoms with van der Waals surface area (Å²) >= 11 is 0. The molecule has 1 saturated carbocycles. The lowest BCUT2D eigenvalue weighted by Crippen LogP contribution is -2.48. The highest BCUT2D eigenvalue weighted by molar-refractivity contribution is 5.98. The molecule has 0 heterocycles. The number of nitriles is 1. The fourth-order valence-electron chi connectivity index (χ4n) is 3.34. The minimum absolute atomic E-state index is 0.0764. The molecule has 0 saturated heterocycles. The Morgan fingerprint density at radius 1 is 1.52 bits per heavy atom. The van der Waals surface area contributed by atoms with E-state index < -0.39 is 5.60 Å². The number of hydrogen-bond acceptors (Lipinski definition) is 4. The maximum atomic E-state index is 12.9. The Morgan fingerprint density at radius 2 is 2.28 bits per heavy atom. The van der Waals surface area contributed by atoms with Crippen molar-refractivity contribution in [3.63, 3.8) is 0 Å². The second-order valence-electron chi connectivity index (χ2n) is 7.01. The lowest BCUT2D eigenvalue weighted by Gasteiger charge is -2.37. The van der Waals surface area contributed by atoms with E-state index in [-0.39, 0.29) is 12.0 Å². The van der Waals surface area contributed by atoms with Crippen LogP contribution in [0, 0.1) is 17.2 Å². The van der Waals surface area contributed by atoms with E-state index in [1.165, 1.54) is 0 Å². The molecule has 3 atom stereocenters. The largest absolute Gasteiger partial charge is 0.491 e. The van der Waals surface area contributed by atoms with Crippen LogP contribution >= 0.6 is 0 Å². The topological polar surface area (TPSA) is 71.3 Å². The first-order valence-electron chi connectivity index (χ1n) is 9.01. The van der Waals surface area contributed by atoms with Crippen molar-refractivity contribution in [2.75, 3.05) is 12.4 Å². The zero-order valence-electron chi connectivity index (χ0n) is 15.6. The lowest BCUT2D eigenvalue weighted by atomic mass is 9.78.